The van der Waals surface area contributed by atoms with Crippen LogP contribution in [-0.2, 0) is 17.8 Å². The van der Waals surface area contributed by atoms with E-state index in [2.05, 4.69) is 0 Å². The lowest BCUT2D eigenvalue weighted by Gasteiger charge is -2.37. The Balaban J connectivity index is 0.00000161. The molecule has 1 fully saturated rings. The van der Waals surface area contributed by atoms with E-state index >= 15 is 0 Å². The number of likely N-dealkylation sites (tertiary alicyclic amines) is 1. The molecule has 0 saturated carbocycles. The number of piperidine rings is 1. The maximum Gasteiger partial charge on any atom is 0.264 e. The Kier molecular flexibility index (Phi) is 5.66. The van der Waals surface area contributed by atoms with Gasteiger partial charge in [0.25, 0.3) is 5.91 Å². The average Bonchev–Trinajstić information content (AvgIpc) is 2.90. The molecule has 21 heavy (non-hydrogen) atoms. The summed E-state index contributed by atoms with van der Waals surface area (Å²) in [4.78, 5) is 16.9. The van der Waals surface area contributed by atoms with E-state index < -0.39 is 0 Å². The Bertz CT molecular complexity index is 480. The lowest BCUT2D eigenvalue weighted by molar-refractivity contribution is 0.0588. The maximum absolute atomic E-state index is 12.8. The first kappa shape index (κ1) is 16.7. The van der Waals surface area contributed by atoms with Gasteiger partial charge in [-0.1, -0.05) is 0 Å². The van der Waals surface area contributed by atoms with Crippen molar-refractivity contribution in [2.45, 2.75) is 51.3 Å². The van der Waals surface area contributed by atoms with Crippen LogP contribution in [0, 0.1) is 0 Å². The third-order valence-corrected chi connectivity index (χ3v) is 5.48. The van der Waals surface area contributed by atoms with Gasteiger partial charge in [0.15, 0.2) is 0 Å². The molecule has 2 aliphatic rings. The molecule has 3 heterocycles. The van der Waals surface area contributed by atoms with E-state index in [0.717, 1.165) is 37.3 Å². The highest BCUT2D eigenvalue weighted by molar-refractivity contribution is 7.14. The van der Waals surface area contributed by atoms with Crippen LogP contribution in [0.2, 0.25) is 0 Å². The Labute approximate surface area is 136 Å². The molecular formula is C15H23ClN2O2S. The Morgan fingerprint density at radius 3 is 3.05 bits per heavy atom. The number of hydrogen-bond donors (Lipinski definition) is 1. The van der Waals surface area contributed by atoms with E-state index in [1.54, 1.807) is 11.3 Å². The molecule has 1 saturated heterocycles. The number of nitrogens with zero attached hydrogens (tertiary/aromatic N) is 1. The van der Waals surface area contributed by atoms with E-state index in [0.29, 0.717) is 6.61 Å². The van der Waals surface area contributed by atoms with Gasteiger partial charge in [-0.25, -0.2) is 0 Å². The summed E-state index contributed by atoms with van der Waals surface area (Å²) in [5.41, 5.74) is 7.25. The van der Waals surface area contributed by atoms with Gasteiger partial charge in [0, 0.05) is 29.9 Å². The summed E-state index contributed by atoms with van der Waals surface area (Å²) in [7, 11) is 0. The molecule has 0 radical (unpaired) electrons. The second-order valence-electron chi connectivity index (χ2n) is 5.78. The number of rotatable bonds is 2. The van der Waals surface area contributed by atoms with Crippen molar-refractivity contribution in [3.8, 4) is 0 Å². The van der Waals surface area contributed by atoms with Crippen LogP contribution in [0.4, 0.5) is 0 Å². The van der Waals surface area contributed by atoms with E-state index in [-0.39, 0.29) is 30.4 Å². The summed E-state index contributed by atoms with van der Waals surface area (Å²) in [6.45, 7) is 4.26. The minimum atomic E-state index is 0. The third-order valence-electron chi connectivity index (χ3n) is 4.26. The van der Waals surface area contributed by atoms with Gasteiger partial charge in [-0.2, -0.15) is 0 Å². The number of carbonyl (C=O) groups is 1. The third kappa shape index (κ3) is 3.42. The van der Waals surface area contributed by atoms with Crippen LogP contribution in [0.3, 0.4) is 0 Å². The van der Waals surface area contributed by atoms with Gasteiger partial charge in [0.1, 0.15) is 0 Å². The minimum Gasteiger partial charge on any atom is -0.376 e. The van der Waals surface area contributed by atoms with Gasteiger partial charge in [0.05, 0.1) is 18.1 Å². The van der Waals surface area contributed by atoms with Crippen LogP contribution in [0.1, 0.15) is 46.3 Å². The van der Waals surface area contributed by atoms with Crippen molar-refractivity contribution < 1.29 is 9.53 Å². The van der Waals surface area contributed by atoms with E-state index in [1.165, 1.54) is 16.9 Å². The van der Waals surface area contributed by atoms with Crippen molar-refractivity contribution in [3.63, 3.8) is 0 Å². The summed E-state index contributed by atoms with van der Waals surface area (Å²) in [5, 5.41) is 0. The molecule has 3 rings (SSSR count). The zero-order valence-electron chi connectivity index (χ0n) is 12.3. The first-order chi connectivity index (χ1) is 9.66. The van der Waals surface area contributed by atoms with Gasteiger partial charge >= 0.3 is 0 Å². The van der Waals surface area contributed by atoms with Gasteiger partial charge in [0.2, 0.25) is 0 Å². The summed E-state index contributed by atoms with van der Waals surface area (Å²) in [6, 6.07) is 2.25. The largest absolute Gasteiger partial charge is 0.376 e. The second-order valence-corrected chi connectivity index (χ2v) is 6.92. The number of hydrogen-bond acceptors (Lipinski definition) is 4. The molecule has 2 N–H and O–H groups in total. The molecular weight excluding hydrogens is 308 g/mol. The Morgan fingerprint density at radius 1 is 1.52 bits per heavy atom. The van der Waals surface area contributed by atoms with E-state index in [4.69, 9.17) is 10.5 Å². The first-order valence-electron chi connectivity index (χ1n) is 7.42. The van der Waals surface area contributed by atoms with Crippen LogP contribution < -0.4 is 5.73 Å². The standard InChI is InChI=1S/C15H22N2O2S.ClH/c1-10(16)12-4-2-3-6-17(12)15(18)14-8-11-9-19-7-5-13(11)20-14;/h8,10,12H,2-7,9,16H2,1H3;1H. The van der Waals surface area contributed by atoms with Crippen LogP contribution in [0.5, 0.6) is 0 Å². The highest BCUT2D eigenvalue weighted by Crippen LogP contribution is 2.30. The number of ether oxygens (including phenoxy) is 1. The topological polar surface area (TPSA) is 55.6 Å². The van der Waals surface area contributed by atoms with E-state index in [9.17, 15) is 4.79 Å². The van der Waals surface area contributed by atoms with Crippen molar-refractivity contribution >= 4 is 29.7 Å². The predicted octanol–water partition coefficient (Wildman–Crippen LogP) is 2.58. The van der Waals surface area contributed by atoms with Crippen molar-refractivity contribution in [1.82, 2.24) is 4.90 Å². The van der Waals surface area contributed by atoms with Crippen LogP contribution in [0.15, 0.2) is 6.07 Å². The molecule has 1 aromatic rings. The molecule has 4 nitrogen and oxygen atoms in total. The van der Waals surface area contributed by atoms with Crippen molar-refractivity contribution in [2.75, 3.05) is 13.2 Å². The Hall–Kier alpha value is -0.620. The molecule has 2 atom stereocenters. The fourth-order valence-electron chi connectivity index (χ4n) is 3.15. The molecule has 0 spiro atoms. The van der Waals surface area contributed by atoms with Gasteiger partial charge in [-0.3, -0.25) is 4.79 Å². The van der Waals surface area contributed by atoms with Gasteiger partial charge < -0.3 is 15.4 Å². The lowest BCUT2D eigenvalue weighted by atomic mass is 9.96. The predicted molar refractivity (Wildman–Crippen MR) is 87.3 cm³/mol. The fraction of sp³-hybridized carbons (Fsp3) is 0.667. The van der Waals surface area contributed by atoms with Gasteiger partial charge in [-0.05, 0) is 37.8 Å². The molecule has 1 amide bonds. The SMILES string of the molecule is CC(N)C1CCCCN1C(=O)c1cc2c(s1)CCOC2.Cl. The second kappa shape index (κ2) is 7.09. The fourth-order valence-corrected chi connectivity index (χ4v) is 4.26. The van der Waals surface area contributed by atoms with Gasteiger partial charge in [-0.15, -0.1) is 23.7 Å². The number of halogens is 1. The van der Waals surface area contributed by atoms with Crippen molar-refractivity contribution in [2.24, 2.45) is 5.73 Å². The molecule has 2 aliphatic heterocycles. The number of nitrogens with two attached hydrogens (primary N) is 1. The minimum absolute atomic E-state index is 0. The monoisotopic (exact) mass is 330 g/mol. The number of carbonyl (C=O) groups excluding carboxylic acids is 1. The summed E-state index contributed by atoms with van der Waals surface area (Å²) >= 11 is 1.64. The molecule has 118 valence electrons. The quantitative estimate of drug-likeness (QED) is 0.906. The Morgan fingerprint density at radius 2 is 2.33 bits per heavy atom. The first-order valence-corrected chi connectivity index (χ1v) is 8.24. The molecule has 0 aromatic carbocycles. The summed E-state index contributed by atoms with van der Waals surface area (Å²) < 4.78 is 5.46. The zero-order chi connectivity index (χ0) is 14.1. The van der Waals surface area contributed by atoms with Crippen molar-refractivity contribution in [1.29, 1.82) is 0 Å². The summed E-state index contributed by atoms with van der Waals surface area (Å²) in [6.07, 6.45) is 4.22. The van der Waals surface area contributed by atoms with Crippen LogP contribution in [-0.4, -0.2) is 36.0 Å². The molecule has 1 aromatic heterocycles. The number of amides is 1. The normalized spacial score (nSPS) is 23.1. The molecule has 2 unspecified atom stereocenters. The van der Waals surface area contributed by atoms with Crippen molar-refractivity contribution in [3.05, 3.63) is 21.4 Å². The highest BCUT2D eigenvalue weighted by Gasteiger charge is 2.31. The highest BCUT2D eigenvalue weighted by atomic mass is 35.5. The average molecular weight is 331 g/mol. The molecule has 6 heteroatoms. The molecule has 0 aliphatic carbocycles. The smallest absolute Gasteiger partial charge is 0.264 e. The van der Waals surface area contributed by atoms with Crippen LogP contribution >= 0.6 is 23.7 Å². The molecule has 0 bridgehead atoms. The van der Waals surface area contributed by atoms with Crippen LogP contribution in [0.25, 0.3) is 0 Å². The van der Waals surface area contributed by atoms with E-state index in [1.807, 2.05) is 17.9 Å². The maximum atomic E-state index is 12.8. The lowest BCUT2D eigenvalue weighted by Crippen LogP contribution is -2.51. The number of thiophene rings is 1. The summed E-state index contributed by atoms with van der Waals surface area (Å²) in [5.74, 6) is 0.159. The number of fused-ring (bicyclic) bond motifs is 1. The zero-order valence-corrected chi connectivity index (χ0v) is 14.0.